The molecule has 45 heavy (non-hydrogen) atoms. The zero-order valence-corrected chi connectivity index (χ0v) is 27.6. The van der Waals surface area contributed by atoms with E-state index in [-0.39, 0.29) is 25.4 Å². The molecule has 0 radical (unpaired) electrons. The van der Waals surface area contributed by atoms with Gasteiger partial charge in [-0.05, 0) is 31.1 Å². The summed E-state index contributed by atoms with van der Waals surface area (Å²) in [5.41, 5.74) is 0. The van der Waals surface area contributed by atoms with Crippen LogP contribution in [-0.2, 0) is 19.1 Å². The predicted octanol–water partition coefficient (Wildman–Crippen LogP) is 8.91. The topological polar surface area (TPSA) is 84.5 Å². The molecule has 2 N–H and O–H groups in total. The van der Waals surface area contributed by atoms with Crippen LogP contribution in [0.4, 0.5) is 30.7 Å². The fourth-order valence-electron chi connectivity index (χ4n) is 4.80. The van der Waals surface area contributed by atoms with Gasteiger partial charge in [0.05, 0.1) is 6.61 Å². The van der Waals surface area contributed by atoms with Crippen molar-refractivity contribution in [2.45, 2.75) is 167 Å². The average molecular weight is 665 g/mol. The summed E-state index contributed by atoms with van der Waals surface area (Å²) in [6.07, 6.45) is 9.14. The van der Waals surface area contributed by atoms with Crippen molar-refractivity contribution >= 4 is 17.8 Å². The maximum atomic E-state index is 13.9. The second-order valence-electron chi connectivity index (χ2n) is 12.8. The number of alkyl halides is 7. The second-order valence-corrected chi connectivity index (χ2v) is 12.8. The Balaban J connectivity index is 4.82. The van der Waals surface area contributed by atoms with Crippen LogP contribution in [0.3, 0.4) is 0 Å². The molecule has 0 fully saturated rings. The van der Waals surface area contributed by atoms with E-state index in [9.17, 15) is 45.1 Å². The highest BCUT2D eigenvalue weighted by Crippen LogP contribution is 2.46. The number of hydrogen-bond acceptors (Lipinski definition) is 4. The number of halogens is 7. The number of carbonyl (C=O) groups is 3. The lowest BCUT2D eigenvalue weighted by molar-refractivity contribution is -0.344. The molecule has 6 nitrogen and oxygen atoms in total. The van der Waals surface area contributed by atoms with Crippen molar-refractivity contribution in [3.63, 3.8) is 0 Å². The average Bonchev–Trinajstić information content (AvgIpc) is 2.92. The quantitative estimate of drug-likeness (QED) is 0.0580. The summed E-state index contributed by atoms with van der Waals surface area (Å²) in [7, 11) is 0. The highest BCUT2D eigenvalue weighted by molar-refractivity contribution is 5.93. The summed E-state index contributed by atoms with van der Waals surface area (Å²) in [5.74, 6) is -18.4. The van der Waals surface area contributed by atoms with Crippen LogP contribution in [0, 0.1) is 11.8 Å². The van der Waals surface area contributed by atoms with Crippen molar-refractivity contribution in [3.8, 4) is 0 Å². The van der Waals surface area contributed by atoms with E-state index in [0.717, 1.165) is 25.7 Å². The first-order chi connectivity index (χ1) is 20.9. The molecule has 0 saturated heterocycles. The van der Waals surface area contributed by atoms with Crippen molar-refractivity contribution in [2.24, 2.45) is 11.8 Å². The summed E-state index contributed by atoms with van der Waals surface area (Å²) >= 11 is 0. The molecule has 13 heteroatoms. The van der Waals surface area contributed by atoms with E-state index in [1.54, 1.807) is 13.8 Å². The Hall–Kier alpha value is -2.08. The van der Waals surface area contributed by atoms with Gasteiger partial charge in [-0.15, -0.1) is 0 Å². The van der Waals surface area contributed by atoms with Crippen LogP contribution in [-0.4, -0.2) is 54.5 Å². The van der Waals surface area contributed by atoms with Crippen molar-refractivity contribution in [1.82, 2.24) is 10.6 Å². The summed E-state index contributed by atoms with van der Waals surface area (Å²) in [6.45, 7) is 8.82. The third kappa shape index (κ3) is 16.9. The summed E-state index contributed by atoms with van der Waals surface area (Å²) in [5, 5.41) is 3.63. The van der Waals surface area contributed by atoms with E-state index < -0.39 is 53.8 Å². The zero-order chi connectivity index (χ0) is 34.7. The molecule has 0 aromatic heterocycles. The van der Waals surface area contributed by atoms with Gasteiger partial charge in [0.1, 0.15) is 12.1 Å². The Morgan fingerprint density at radius 2 is 1.00 bits per heavy atom. The van der Waals surface area contributed by atoms with Gasteiger partial charge in [0.25, 0.3) is 5.91 Å². The van der Waals surface area contributed by atoms with Gasteiger partial charge in [0, 0.05) is 0 Å². The molecule has 266 valence electrons. The standard InChI is InChI=1S/C32H55F7N2O4/c1-6-7-8-9-10-11-12-13-14-15-16-17-18-19-20-45-28(43)26(22-24(4)5)40-27(42)25(21-23(2)3)41-29(44)30(33,34)31(35,36)32(37,38)39/h23-26H,6-22H2,1-5H3,(H,40,42)(H,41,44). The van der Waals surface area contributed by atoms with Crippen LogP contribution < -0.4 is 10.6 Å². The fraction of sp³-hybridized carbons (Fsp3) is 0.906. The number of unbranched alkanes of at least 4 members (excludes halogenated alkanes) is 13. The highest BCUT2D eigenvalue weighted by atomic mass is 19.4. The molecule has 2 atom stereocenters. The monoisotopic (exact) mass is 664 g/mol. The SMILES string of the molecule is CCCCCCCCCCCCCCCCOC(=O)C(CC(C)C)NC(=O)C(CC(C)C)NC(=O)C(F)(F)C(F)(F)C(F)(F)F. The van der Waals surface area contributed by atoms with Crippen LogP contribution in [0.5, 0.6) is 0 Å². The minimum Gasteiger partial charge on any atom is -0.464 e. The molecule has 2 amide bonds. The van der Waals surface area contributed by atoms with Gasteiger partial charge in [0.2, 0.25) is 5.91 Å². The number of amides is 2. The first-order valence-corrected chi connectivity index (χ1v) is 16.5. The molecule has 0 rings (SSSR count). The normalized spacial score (nSPS) is 14.0. The maximum absolute atomic E-state index is 13.9. The number of rotatable bonds is 25. The third-order valence-electron chi connectivity index (χ3n) is 7.41. The van der Waals surface area contributed by atoms with E-state index in [4.69, 9.17) is 4.74 Å². The molecule has 0 aromatic carbocycles. The van der Waals surface area contributed by atoms with E-state index >= 15 is 0 Å². The summed E-state index contributed by atoms with van der Waals surface area (Å²) < 4.78 is 97.4. The van der Waals surface area contributed by atoms with Gasteiger partial charge in [-0.3, -0.25) is 9.59 Å². The van der Waals surface area contributed by atoms with Gasteiger partial charge in [-0.25, -0.2) is 4.79 Å². The molecule has 2 unspecified atom stereocenters. The molecule has 0 aliphatic rings. The molecule has 0 heterocycles. The van der Waals surface area contributed by atoms with E-state index in [1.807, 2.05) is 0 Å². The van der Waals surface area contributed by atoms with E-state index in [0.29, 0.717) is 6.42 Å². The predicted molar refractivity (Wildman–Crippen MR) is 160 cm³/mol. The number of hydrogen-bond donors (Lipinski definition) is 2. The van der Waals surface area contributed by atoms with E-state index in [2.05, 4.69) is 12.2 Å². The van der Waals surface area contributed by atoms with Crippen molar-refractivity contribution in [1.29, 1.82) is 0 Å². The van der Waals surface area contributed by atoms with Crippen LogP contribution in [0.1, 0.15) is 137 Å². The van der Waals surface area contributed by atoms with Crippen LogP contribution in [0.25, 0.3) is 0 Å². The number of ether oxygens (including phenoxy) is 1. The molecule has 0 saturated carbocycles. The van der Waals surface area contributed by atoms with Crippen molar-refractivity contribution in [3.05, 3.63) is 0 Å². The summed E-state index contributed by atoms with van der Waals surface area (Å²) in [6, 6.07) is -3.14. The Morgan fingerprint density at radius 3 is 1.40 bits per heavy atom. The Kier molecular flexibility index (Phi) is 20.7. The van der Waals surface area contributed by atoms with Crippen LogP contribution in [0.2, 0.25) is 0 Å². The van der Waals surface area contributed by atoms with Gasteiger partial charge in [0.15, 0.2) is 0 Å². The maximum Gasteiger partial charge on any atom is 0.460 e. The lowest BCUT2D eigenvalue weighted by atomic mass is 10.00. The lowest BCUT2D eigenvalue weighted by Gasteiger charge is -2.29. The third-order valence-corrected chi connectivity index (χ3v) is 7.41. The van der Waals surface area contributed by atoms with Gasteiger partial charge < -0.3 is 15.4 Å². The Bertz CT molecular complexity index is 852. The number of esters is 1. The molecule has 0 aliphatic carbocycles. The molecular weight excluding hydrogens is 609 g/mol. The first kappa shape index (κ1) is 42.9. The van der Waals surface area contributed by atoms with Crippen molar-refractivity contribution in [2.75, 3.05) is 6.61 Å². The number of nitrogens with one attached hydrogen (secondary N) is 2. The molecule has 0 aromatic rings. The lowest BCUT2D eigenvalue weighted by Crippen LogP contribution is -2.62. The smallest absolute Gasteiger partial charge is 0.460 e. The largest absolute Gasteiger partial charge is 0.464 e. The highest BCUT2D eigenvalue weighted by Gasteiger charge is 2.76. The molecular formula is C32H55F7N2O4. The zero-order valence-electron chi connectivity index (χ0n) is 27.6. The minimum atomic E-state index is -6.71. The van der Waals surface area contributed by atoms with Gasteiger partial charge in [-0.1, -0.05) is 118 Å². The molecule has 0 spiro atoms. The number of carbonyl (C=O) groups excluding carboxylic acids is 3. The minimum absolute atomic E-state index is 0.0773. The van der Waals surface area contributed by atoms with Crippen molar-refractivity contribution < 1.29 is 49.9 Å². The Morgan fingerprint density at radius 1 is 0.600 bits per heavy atom. The Labute approximate surface area is 264 Å². The van der Waals surface area contributed by atoms with Crippen LogP contribution >= 0.6 is 0 Å². The summed E-state index contributed by atoms with van der Waals surface area (Å²) in [4.78, 5) is 37.6. The fourth-order valence-corrected chi connectivity index (χ4v) is 4.80. The second kappa shape index (κ2) is 21.7. The first-order valence-electron chi connectivity index (χ1n) is 16.5. The molecule has 0 aliphatic heterocycles. The van der Waals surface area contributed by atoms with Gasteiger partial charge in [-0.2, -0.15) is 30.7 Å². The van der Waals surface area contributed by atoms with E-state index in [1.165, 1.54) is 77.0 Å². The van der Waals surface area contributed by atoms with Crippen LogP contribution in [0.15, 0.2) is 0 Å². The van der Waals surface area contributed by atoms with Gasteiger partial charge >= 0.3 is 24.0 Å². The molecule has 0 bridgehead atoms.